The average molecular weight is 362 g/mol. The van der Waals surface area contributed by atoms with E-state index in [1.807, 2.05) is 0 Å². The van der Waals surface area contributed by atoms with Crippen LogP contribution in [0.15, 0.2) is 30.9 Å². The van der Waals surface area contributed by atoms with Crippen molar-refractivity contribution in [3.05, 3.63) is 48.1 Å². The molecule has 1 aromatic carbocycles. The largest absolute Gasteiger partial charge is 0.342 e. The van der Waals surface area contributed by atoms with Gasteiger partial charge in [0, 0.05) is 32.6 Å². The number of carbonyl (C=O) groups is 2. The second kappa shape index (κ2) is 7.56. The molecule has 2 aliphatic heterocycles. The van der Waals surface area contributed by atoms with Crippen molar-refractivity contribution in [2.75, 3.05) is 19.6 Å². The minimum absolute atomic E-state index is 0.0208. The molecule has 4 nitrogen and oxygen atoms in total. The normalized spacial score (nSPS) is 22.9. The first-order valence-electron chi connectivity index (χ1n) is 9.07. The second-order valence-corrected chi connectivity index (χ2v) is 7.25. The maximum absolute atomic E-state index is 13.4. The Labute approximate surface area is 152 Å². The van der Waals surface area contributed by atoms with Gasteiger partial charge in [0.1, 0.15) is 0 Å². The predicted octanol–water partition coefficient (Wildman–Crippen LogP) is 3.27. The number of hydrogen-bond donors (Lipinski definition) is 0. The fraction of sp³-hybridized carbons (Fsp3) is 0.500. The van der Waals surface area contributed by atoms with Crippen molar-refractivity contribution in [2.24, 2.45) is 5.41 Å². The van der Waals surface area contributed by atoms with E-state index in [1.54, 1.807) is 15.9 Å². The van der Waals surface area contributed by atoms with Crippen molar-refractivity contribution in [1.82, 2.24) is 9.80 Å². The van der Waals surface area contributed by atoms with E-state index in [2.05, 4.69) is 6.58 Å². The van der Waals surface area contributed by atoms with E-state index in [1.165, 1.54) is 6.07 Å². The lowest BCUT2D eigenvalue weighted by Crippen LogP contribution is -2.50. The zero-order valence-corrected chi connectivity index (χ0v) is 14.8. The molecule has 0 saturated carbocycles. The van der Waals surface area contributed by atoms with Gasteiger partial charge in [0.05, 0.1) is 5.41 Å². The molecule has 1 spiro atoms. The van der Waals surface area contributed by atoms with Crippen LogP contribution in [0.25, 0.3) is 0 Å². The summed E-state index contributed by atoms with van der Waals surface area (Å²) in [5.41, 5.74) is 0.0481. The minimum Gasteiger partial charge on any atom is -0.342 e. The molecule has 2 saturated heterocycles. The van der Waals surface area contributed by atoms with E-state index in [-0.39, 0.29) is 18.4 Å². The lowest BCUT2D eigenvalue weighted by molar-refractivity contribution is -0.146. The number of hydrogen-bond acceptors (Lipinski definition) is 2. The summed E-state index contributed by atoms with van der Waals surface area (Å²) in [7, 11) is 0. The first-order valence-corrected chi connectivity index (χ1v) is 9.07. The average Bonchev–Trinajstić information content (AvgIpc) is 3.05. The van der Waals surface area contributed by atoms with Crippen LogP contribution in [0.4, 0.5) is 8.78 Å². The van der Waals surface area contributed by atoms with Crippen LogP contribution < -0.4 is 0 Å². The molecule has 3 rings (SSSR count). The molecular weight excluding hydrogens is 338 g/mol. The van der Waals surface area contributed by atoms with Crippen LogP contribution in [-0.4, -0.2) is 41.2 Å². The van der Waals surface area contributed by atoms with Crippen molar-refractivity contribution >= 4 is 11.8 Å². The van der Waals surface area contributed by atoms with Crippen LogP contribution in [-0.2, 0) is 16.1 Å². The molecule has 2 amide bonds. The zero-order chi connectivity index (χ0) is 18.7. The minimum atomic E-state index is -0.901. The standard InChI is InChI=1S/C20H24F2N2O2/c1-2-3-5-18(25)24-11-9-20(14-24)8-4-10-23(19(20)26)13-15-6-7-16(21)17(22)12-15/h2,6-7,12H,1,3-5,8-11,13-14H2/t20-/m0/s1. The van der Waals surface area contributed by atoms with Crippen LogP contribution in [0.3, 0.4) is 0 Å². The van der Waals surface area contributed by atoms with E-state index >= 15 is 0 Å². The Bertz CT molecular complexity index is 722. The van der Waals surface area contributed by atoms with Gasteiger partial charge < -0.3 is 9.80 Å². The summed E-state index contributed by atoms with van der Waals surface area (Å²) < 4.78 is 26.5. The number of carbonyl (C=O) groups excluding carboxylic acids is 2. The molecule has 0 N–H and O–H groups in total. The van der Waals surface area contributed by atoms with Gasteiger partial charge in [-0.1, -0.05) is 12.1 Å². The highest BCUT2D eigenvalue weighted by molar-refractivity contribution is 5.86. The Kier molecular flexibility index (Phi) is 5.39. The maximum Gasteiger partial charge on any atom is 0.230 e. The van der Waals surface area contributed by atoms with Crippen molar-refractivity contribution < 1.29 is 18.4 Å². The summed E-state index contributed by atoms with van der Waals surface area (Å²) in [4.78, 5) is 28.8. The van der Waals surface area contributed by atoms with Gasteiger partial charge in [-0.25, -0.2) is 8.78 Å². The van der Waals surface area contributed by atoms with Gasteiger partial charge in [0.25, 0.3) is 0 Å². The molecular formula is C20H24F2N2O2. The Morgan fingerprint density at radius 1 is 1.23 bits per heavy atom. The second-order valence-electron chi connectivity index (χ2n) is 7.25. The molecule has 2 fully saturated rings. The number of nitrogens with zero attached hydrogens (tertiary/aromatic N) is 2. The third-order valence-electron chi connectivity index (χ3n) is 5.45. The van der Waals surface area contributed by atoms with E-state index < -0.39 is 17.0 Å². The van der Waals surface area contributed by atoms with Gasteiger partial charge in [-0.15, -0.1) is 6.58 Å². The molecule has 0 bridgehead atoms. The smallest absolute Gasteiger partial charge is 0.230 e. The number of benzene rings is 1. The van der Waals surface area contributed by atoms with Gasteiger partial charge in [0.15, 0.2) is 11.6 Å². The van der Waals surface area contributed by atoms with Crippen LogP contribution in [0.5, 0.6) is 0 Å². The predicted molar refractivity (Wildman–Crippen MR) is 94.1 cm³/mol. The molecule has 0 radical (unpaired) electrons. The maximum atomic E-state index is 13.4. The van der Waals surface area contributed by atoms with Crippen LogP contribution in [0.1, 0.15) is 37.7 Å². The zero-order valence-electron chi connectivity index (χ0n) is 14.8. The van der Waals surface area contributed by atoms with Crippen molar-refractivity contribution in [3.63, 3.8) is 0 Å². The number of halogens is 2. The van der Waals surface area contributed by atoms with E-state index in [0.29, 0.717) is 44.5 Å². The molecule has 2 aliphatic rings. The highest BCUT2D eigenvalue weighted by atomic mass is 19.2. The molecule has 26 heavy (non-hydrogen) atoms. The summed E-state index contributed by atoms with van der Waals surface area (Å²) in [5, 5.41) is 0. The fourth-order valence-corrected chi connectivity index (χ4v) is 4.01. The number of amides is 2. The summed E-state index contributed by atoms with van der Waals surface area (Å²) in [6, 6.07) is 3.74. The van der Waals surface area contributed by atoms with Gasteiger partial charge in [0.2, 0.25) is 11.8 Å². The molecule has 140 valence electrons. The van der Waals surface area contributed by atoms with Gasteiger partial charge >= 0.3 is 0 Å². The molecule has 0 unspecified atom stereocenters. The first-order chi connectivity index (χ1) is 12.4. The Balaban J connectivity index is 1.68. The molecule has 2 heterocycles. The fourth-order valence-electron chi connectivity index (χ4n) is 4.01. The van der Waals surface area contributed by atoms with Crippen molar-refractivity contribution in [3.8, 4) is 0 Å². The molecule has 1 aromatic rings. The lowest BCUT2D eigenvalue weighted by Gasteiger charge is -2.39. The summed E-state index contributed by atoms with van der Waals surface area (Å²) in [6.07, 6.45) is 5.07. The van der Waals surface area contributed by atoms with Gasteiger partial charge in [-0.2, -0.15) is 0 Å². The molecule has 6 heteroatoms. The van der Waals surface area contributed by atoms with Gasteiger partial charge in [-0.05, 0) is 43.4 Å². The molecule has 0 aliphatic carbocycles. The Morgan fingerprint density at radius 3 is 2.77 bits per heavy atom. The number of likely N-dealkylation sites (tertiary alicyclic amines) is 2. The summed E-state index contributed by atoms with van der Waals surface area (Å²) >= 11 is 0. The first kappa shape index (κ1) is 18.5. The quantitative estimate of drug-likeness (QED) is 0.755. The Morgan fingerprint density at radius 2 is 2.04 bits per heavy atom. The number of piperidine rings is 1. The Hall–Kier alpha value is -2.24. The van der Waals surface area contributed by atoms with Crippen molar-refractivity contribution in [2.45, 2.75) is 38.6 Å². The van der Waals surface area contributed by atoms with Crippen LogP contribution in [0.2, 0.25) is 0 Å². The van der Waals surface area contributed by atoms with Gasteiger partial charge in [-0.3, -0.25) is 9.59 Å². The van der Waals surface area contributed by atoms with E-state index in [9.17, 15) is 18.4 Å². The number of allylic oxidation sites excluding steroid dienone is 1. The lowest BCUT2D eigenvalue weighted by atomic mass is 9.78. The molecule has 1 atom stereocenters. The topological polar surface area (TPSA) is 40.6 Å². The van der Waals surface area contributed by atoms with E-state index in [0.717, 1.165) is 25.0 Å². The summed E-state index contributed by atoms with van der Waals surface area (Å²) in [6.45, 7) is 5.55. The van der Waals surface area contributed by atoms with E-state index in [4.69, 9.17) is 0 Å². The third kappa shape index (κ3) is 3.64. The summed E-state index contributed by atoms with van der Waals surface area (Å²) in [5.74, 6) is -1.71. The van der Waals surface area contributed by atoms with Crippen LogP contribution in [0, 0.1) is 17.0 Å². The number of rotatable bonds is 5. The van der Waals surface area contributed by atoms with Crippen LogP contribution >= 0.6 is 0 Å². The monoisotopic (exact) mass is 362 g/mol. The third-order valence-corrected chi connectivity index (χ3v) is 5.45. The van der Waals surface area contributed by atoms with Crippen molar-refractivity contribution in [1.29, 1.82) is 0 Å². The highest BCUT2D eigenvalue weighted by Crippen LogP contribution is 2.40. The SMILES string of the molecule is C=CCCC(=O)N1CC[C@@]2(CCCN(Cc3ccc(F)c(F)c3)C2=O)C1. The highest BCUT2D eigenvalue weighted by Gasteiger charge is 2.49. The molecule has 0 aromatic heterocycles.